The third-order valence-corrected chi connectivity index (χ3v) is 2.79. The molecule has 0 N–H and O–H groups in total. The molecule has 1 aliphatic rings. The molecule has 0 saturated carbocycles. The zero-order chi connectivity index (χ0) is 9.52. The van der Waals surface area contributed by atoms with Crippen LogP contribution in [-0.2, 0) is 4.79 Å². The Morgan fingerprint density at radius 1 is 1.33 bits per heavy atom. The zero-order valence-corrected chi connectivity index (χ0v) is 8.72. The second-order valence-corrected chi connectivity index (χ2v) is 4.89. The molecule has 70 valence electrons. The molecule has 2 unspecified atom stereocenters. The van der Waals surface area contributed by atoms with Crippen LogP contribution in [0.15, 0.2) is 0 Å². The van der Waals surface area contributed by atoms with Crippen molar-refractivity contribution in [1.82, 2.24) is 4.90 Å². The predicted octanol–water partition coefficient (Wildman–Crippen LogP) is 1.90. The first-order valence-corrected chi connectivity index (χ1v) is 4.65. The normalized spacial score (nSPS) is 31.4. The minimum atomic E-state index is -0.00387. The van der Waals surface area contributed by atoms with E-state index in [1.807, 2.05) is 11.8 Å². The van der Waals surface area contributed by atoms with Crippen LogP contribution in [0.25, 0.3) is 0 Å². The van der Waals surface area contributed by atoms with Crippen LogP contribution in [0.4, 0.5) is 0 Å². The van der Waals surface area contributed by atoms with Crippen LogP contribution >= 0.6 is 0 Å². The first-order chi connectivity index (χ1) is 5.34. The van der Waals surface area contributed by atoms with E-state index in [1.54, 1.807) is 0 Å². The molecule has 0 spiro atoms. The molecule has 0 aromatic rings. The van der Waals surface area contributed by atoms with Crippen molar-refractivity contribution in [3.05, 3.63) is 0 Å². The lowest BCUT2D eigenvalue weighted by Crippen LogP contribution is -2.42. The van der Waals surface area contributed by atoms with E-state index >= 15 is 0 Å². The van der Waals surface area contributed by atoms with E-state index in [0.29, 0.717) is 11.8 Å². The molecule has 1 heterocycles. The summed E-state index contributed by atoms with van der Waals surface area (Å²) < 4.78 is 0. The maximum Gasteiger partial charge on any atom is 0.226 e. The summed E-state index contributed by atoms with van der Waals surface area (Å²) in [5.74, 6) is 1.04. The number of carbonyl (C=O) groups is 1. The maximum absolute atomic E-state index is 11.7. The second-order valence-electron chi connectivity index (χ2n) is 4.89. The smallest absolute Gasteiger partial charge is 0.226 e. The molecule has 2 heteroatoms. The van der Waals surface area contributed by atoms with E-state index < -0.39 is 0 Å². The van der Waals surface area contributed by atoms with E-state index in [-0.39, 0.29) is 11.5 Å². The van der Waals surface area contributed by atoms with Crippen molar-refractivity contribution in [3.8, 4) is 0 Å². The number of hydrogen-bond donors (Lipinski definition) is 0. The van der Waals surface area contributed by atoms with E-state index in [1.165, 1.54) is 0 Å². The predicted molar refractivity (Wildman–Crippen MR) is 49.8 cm³/mol. The molecule has 2 nitrogen and oxygen atoms in total. The van der Waals surface area contributed by atoms with Gasteiger partial charge < -0.3 is 4.90 Å². The van der Waals surface area contributed by atoms with Gasteiger partial charge in [-0.15, -0.1) is 0 Å². The Hall–Kier alpha value is -0.530. The van der Waals surface area contributed by atoms with Crippen molar-refractivity contribution in [1.29, 1.82) is 0 Å². The third-order valence-electron chi connectivity index (χ3n) is 2.79. The van der Waals surface area contributed by atoms with Crippen molar-refractivity contribution < 1.29 is 4.79 Å². The summed E-state index contributed by atoms with van der Waals surface area (Å²) in [7, 11) is 0. The highest BCUT2D eigenvalue weighted by molar-refractivity contribution is 5.81. The number of hydrogen-bond acceptors (Lipinski definition) is 1. The van der Waals surface area contributed by atoms with Gasteiger partial charge in [-0.1, -0.05) is 13.8 Å². The highest BCUT2D eigenvalue weighted by Gasteiger charge is 2.39. The first kappa shape index (κ1) is 9.56. The fourth-order valence-electron chi connectivity index (χ4n) is 1.63. The number of carbonyl (C=O) groups excluding carboxylic acids is 1. The van der Waals surface area contributed by atoms with Gasteiger partial charge in [0.25, 0.3) is 0 Å². The molecule has 1 fully saturated rings. The number of likely N-dealkylation sites (tertiary alicyclic amines) is 1. The summed E-state index contributed by atoms with van der Waals surface area (Å²) in [4.78, 5) is 13.7. The van der Waals surface area contributed by atoms with Crippen LogP contribution in [-0.4, -0.2) is 22.9 Å². The Bertz CT molecular complexity index is 193. The molecule has 0 radical (unpaired) electrons. The molecule has 2 atom stereocenters. The molecule has 0 aromatic heterocycles. The van der Waals surface area contributed by atoms with Gasteiger partial charge in [-0.25, -0.2) is 0 Å². The largest absolute Gasteiger partial charge is 0.337 e. The molecule has 1 rings (SSSR count). The zero-order valence-electron chi connectivity index (χ0n) is 8.72. The van der Waals surface area contributed by atoms with Crippen molar-refractivity contribution in [2.24, 2.45) is 11.8 Å². The molecule has 0 aromatic carbocycles. The van der Waals surface area contributed by atoms with Gasteiger partial charge in [0.1, 0.15) is 0 Å². The lowest BCUT2D eigenvalue weighted by atomic mass is 10.0. The number of amides is 1. The lowest BCUT2D eigenvalue weighted by molar-refractivity contribution is -0.134. The van der Waals surface area contributed by atoms with Crippen LogP contribution in [0.2, 0.25) is 0 Å². The van der Waals surface area contributed by atoms with Gasteiger partial charge in [0.2, 0.25) is 5.91 Å². The lowest BCUT2D eigenvalue weighted by Gasteiger charge is -2.32. The topological polar surface area (TPSA) is 20.3 Å². The van der Waals surface area contributed by atoms with Gasteiger partial charge in [0.05, 0.1) is 0 Å². The Morgan fingerprint density at radius 2 is 1.83 bits per heavy atom. The average Bonchev–Trinajstić information content (AvgIpc) is 2.15. The maximum atomic E-state index is 11.7. The van der Waals surface area contributed by atoms with Gasteiger partial charge in [-0.2, -0.15) is 0 Å². The summed E-state index contributed by atoms with van der Waals surface area (Å²) in [5.41, 5.74) is -0.00387. The minimum absolute atomic E-state index is 0.00387. The van der Waals surface area contributed by atoms with Crippen LogP contribution in [0.1, 0.15) is 34.6 Å². The minimum Gasteiger partial charge on any atom is -0.337 e. The van der Waals surface area contributed by atoms with Gasteiger partial charge in [0, 0.05) is 18.0 Å². The third kappa shape index (κ3) is 1.47. The van der Waals surface area contributed by atoms with Crippen molar-refractivity contribution in [2.45, 2.75) is 40.2 Å². The van der Waals surface area contributed by atoms with E-state index in [4.69, 9.17) is 0 Å². The highest BCUT2D eigenvalue weighted by Crippen LogP contribution is 2.29. The molecular weight excluding hydrogens is 150 g/mol. The van der Waals surface area contributed by atoms with Crippen LogP contribution < -0.4 is 0 Å². The van der Waals surface area contributed by atoms with Gasteiger partial charge in [-0.05, 0) is 26.7 Å². The molecular formula is C10H19NO. The summed E-state index contributed by atoms with van der Waals surface area (Å²) in [6, 6.07) is 0. The molecule has 0 bridgehead atoms. The monoisotopic (exact) mass is 169 g/mol. The summed E-state index contributed by atoms with van der Waals surface area (Å²) >= 11 is 0. The summed E-state index contributed by atoms with van der Waals surface area (Å²) in [5, 5.41) is 0. The van der Waals surface area contributed by atoms with Crippen molar-refractivity contribution >= 4 is 5.91 Å². The molecule has 1 aliphatic heterocycles. The van der Waals surface area contributed by atoms with E-state index in [9.17, 15) is 4.79 Å². The Labute approximate surface area is 74.9 Å². The SMILES string of the molecule is CC1CN(C(C)(C)C)C(=O)C1C. The quantitative estimate of drug-likeness (QED) is 0.542. The fraction of sp³-hybridized carbons (Fsp3) is 0.900. The number of rotatable bonds is 0. The molecule has 1 amide bonds. The van der Waals surface area contributed by atoms with Crippen LogP contribution in [0, 0.1) is 11.8 Å². The number of nitrogens with zero attached hydrogens (tertiary/aromatic N) is 1. The summed E-state index contributed by atoms with van der Waals surface area (Å²) in [6.07, 6.45) is 0. The van der Waals surface area contributed by atoms with Gasteiger partial charge in [-0.3, -0.25) is 4.79 Å². The van der Waals surface area contributed by atoms with Crippen molar-refractivity contribution in [2.75, 3.05) is 6.54 Å². The van der Waals surface area contributed by atoms with Gasteiger partial charge >= 0.3 is 0 Å². The fourth-order valence-corrected chi connectivity index (χ4v) is 1.63. The average molecular weight is 169 g/mol. The van der Waals surface area contributed by atoms with E-state index in [2.05, 4.69) is 27.7 Å². The van der Waals surface area contributed by atoms with Crippen molar-refractivity contribution in [3.63, 3.8) is 0 Å². The van der Waals surface area contributed by atoms with Crippen LogP contribution in [0.5, 0.6) is 0 Å². The van der Waals surface area contributed by atoms with E-state index in [0.717, 1.165) is 6.54 Å². The highest BCUT2D eigenvalue weighted by atomic mass is 16.2. The Kier molecular flexibility index (Phi) is 2.19. The molecule has 12 heavy (non-hydrogen) atoms. The second kappa shape index (κ2) is 2.75. The Morgan fingerprint density at radius 3 is 2.00 bits per heavy atom. The molecule has 1 saturated heterocycles. The van der Waals surface area contributed by atoms with Crippen LogP contribution in [0.3, 0.4) is 0 Å². The standard InChI is InChI=1S/C10H19NO/c1-7-6-11(10(3,4)5)9(12)8(7)2/h7-8H,6H2,1-5H3. The Balaban J connectivity index is 2.78. The summed E-state index contributed by atoms with van der Waals surface area (Å²) in [6.45, 7) is 11.4. The molecule has 0 aliphatic carbocycles. The first-order valence-electron chi connectivity index (χ1n) is 4.65. The van der Waals surface area contributed by atoms with Gasteiger partial charge in [0.15, 0.2) is 0 Å².